The first-order valence-electron chi connectivity index (χ1n) is 8.99. The smallest absolute Gasteiger partial charge is 0.254 e. The Kier molecular flexibility index (Phi) is 5.21. The zero-order valence-corrected chi connectivity index (χ0v) is 15.8. The molecule has 2 atom stereocenters. The Bertz CT molecular complexity index is 1020. The number of aliphatic hydroxyl groups is 2. The Balaban J connectivity index is 1.46. The topological polar surface area (TPSA) is 73.7 Å². The second-order valence-corrected chi connectivity index (χ2v) is 7.72. The summed E-state index contributed by atoms with van der Waals surface area (Å²) in [6, 6.07) is 13.9. The van der Waals surface area contributed by atoms with Crippen LogP contribution in [0.1, 0.15) is 23.1 Å². The molecule has 3 aromatic rings. The molecule has 2 N–H and O–H groups in total. The van der Waals surface area contributed by atoms with Gasteiger partial charge in [0.15, 0.2) is 6.10 Å². The standard InChI is InChI=1S/C21H19FN2O3S/c22-15-6-2-1-5-14(15)13-9-11-24(12-10-13)21(27)19(26)18(25)20-23-16-7-3-4-8-17(16)28-20/h1-9,18-19,25-26H,10-12H2/t18-,19-/m0/s1. The van der Waals surface area contributed by atoms with Gasteiger partial charge in [0.2, 0.25) is 0 Å². The predicted molar refractivity (Wildman–Crippen MR) is 106 cm³/mol. The summed E-state index contributed by atoms with van der Waals surface area (Å²) in [6.07, 6.45) is -0.710. The first-order valence-corrected chi connectivity index (χ1v) is 9.80. The summed E-state index contributed by atoms with van der Waals surface area (Å²) in [4.78, 5) is 18.4. The Labute approximate surface area is 165 Å². The molecule has 1 aliphatic heterocycles. The van der Waals surface area contributed by atoms with E-state index in [1.807, 2.05) is 24.3 Å². The number of nitrogens with zero attached hydrogens (tertiary/aromatic N) is 2. The van der Waals surface area contributed by atoms with Crippen molar-refractivity contribution in [3.63, 3.8) is 0 Å². The number of fused-ring (bicyclic) bond motifs is 1. The lowest BCUT2D eigenvalue weighted by atomic mass is 9.98. The summed E-state index contributed by atoms with van der Waals surface area (Å²) in [6.45, 7) is 0.606. The molecule has 144 valence electrons. The van der Waals surface area contributed by atoms with Gasteiger partial charge in [-0.15, -0.1) is 11.3 Å². The fourth-order valence-electron chi connectivity index (χ4n) is 3.31. The van der Waals surface area contributed by atoms with Gasteiger partial charge in [0.25, 0.3) is 5.91 Å². The van der Waals surface area contributed by atoms with E-state index in [9.17, 15) is 19.4 Å². The van der Waals surface area contributed by atoms with Crippen LogP contribution in [0.2, 0.25) is 0 Å². The van der Waals surface area contributed by atoms with Crippen molar-refractivity contribution in [2.75, 3.05) is 13.1 Å². The van der Waals surface area contributed by atoms with Gasteiger partial charge >= 0.3 is 0 Å². The average molecular weight is 398 g/mol. The van der Waals surface area contributed by atoms with E-state index in [1.54, 1.807) is 24.3 Å². The molecular formula is C21H19FN2O3S. The Morgan fingerprint density at radius 1 is 1.14 bits per heavy atom. The monoisotopic (exact) mass is 398 g/mol. The highest BCUT2D eigenvalue weighted by molar-refractivity contribution is 7.18. The first-order chi connectivity index (χ1) is 13.5. The Morgan fingerprint density at radius 3 is 2.61 bits per heavy atom. The lowest BCUT2D eigenvalue weighted by Crippen LogP contribution is -2.43. The van der Waals surface area contributed by atoms with Crippen LogP contribution in [0.5, 0.6) is 0 Å². The fourth-order valence-corrected chi connectivity index (χ4v) is 4.29. The SMILES string of the molecule is O=C([C@@H](O)[C@H](O)c1nc2ccccc2s1)N1CC=C(c2ccccc2F)CC1. The quantitative estimate of drug-likeness (QED) is 0.708. The minimum absolute atomic E-state index is 0.256. The number of hydrogen-bond acceptors (Lipinski definition) is 5. The lowest BCUT2D eigenvalue weighted by molar-refractivity contribution is -0.146. The van der Waals surface area contributed by atoms with E-state index >= 15 is 0 Å². The summed E-state index contributed by atoms with van der Waals surface area (Å²) in [5.74, 6) is -0.851. The molecule has 0 saturated carbocycles. The van der Waals surface area contributed by atoms with Crippen LogP contribution >= 0.6 is 11.3 Å². The van der Waals surface area contributed by atoms with Gasteiger partial charge in [-0.3, -0.25) is 4.79 Å². The fraction of sp³-hybridized carbons (Fsp3) is 0.238. The maximum atomic E-state index is 13.9. The second-order valence-electron chi connectivity index (χ2n) is 6.65. The highest BCUT2D eigenvalue weighted by Crippen LogP contribution is 2.29. The normalized spacial score (nSPS) is 16.7. The molecule has 5 nitrogen and oxygen atoms in total. The van der Waals surface area contributed by atoms with Crippen LogP contribution in [0, 0.1) is 5.82 Å². The number of carbonyl (C=O) groups is 1. The molecule has 0 unspecified atom stereocenters. The molecule has 0 radical (unpaired) electrons. The summed E-state index contributed by atoms with van der Waals surface area (Å²) in [5, 5.41) is 21.1. The van der Waals surface area contributed by atoms with E-state index in [-0.39, 0.29) is 12.4 Å². The predicted octanol–water partition coefficient (Wildman–Crippen LogP) is 3.15. The van der Waals surface area contributed by atoms with Crippen LogP contribution in [-0.4, -0.2) is 45.2 Å². The summed E-state index contributed by atoms with van der Waals surface area (Å²) in [7, 11) is 0. The van der Waals surface area contributed by atoms with Gasteiger partial charge in [-0.2, -0.15) is 0 Å². The third kappa shape index (κ3) is 3.56. The van der Waals surface area contributed by atoms with Gasteiger partial charge in [-0.1, -0.05) is 36.4 Å². The van der Waals surface area contributed by atoms with Gasteiger partial charge in [0.05, 0.1) is 10.2 Å². The van der Waals surface area contributed by atoms with Crippen LogP contribution in [0.15, 0.2) is 54.6 Å². The molecule has 2 heterocycles. The van der Waals surface area contributed by atoms with E-state index in [4.69, 9.17) is 0 Å². The van der Waals surface area contributed by atoms with E-state index in [1.165, 1.54) is 22.3 Å². The second kappa shape index (κ2) is 7.79. The molecule has 2 aromatic carbocycles. The number of rotatable bonds is 4. The van der Waals surface area contributed by atoms with Crippen LogP contribution < -0.4 is 0 Å². The number of carbonyl (C=O) groups excluding carboxylic acids is 1. The number of amides is 1. The van der Waals surface area contributed by atoms with Crippen LogP contribution in [0.4, 0.5) is 4.39 Å². The number of aromatic nitrogens is 1. The van der Waals surface area contributed by atoms with E-state index in [0.29, 0.717) is 23.5 Å². The summed E-state index contributed by atoms with van der Waals surface area (Å²) in [5.41, 5.74) is 2.09. The van der Waals surface area contributed by atoms with Gasteiger partial charge in [0.1, 0.15) is 16.9 Å². The molecule has 0 aliphatic carbocycles. The van der Waals surface area contributed by atoms with E-state index in [2.05, 4.69) is 4.98 Å². The molecule has 0 saturated heterocycles. The molecule has 28 heavy (non-hydrogen) atoms. The molecule has 4 rings (SSSR count). The minimum atomic E-state index is -1.59. The maximum Gasteiger partial charge on any atom is 0.254 e. The van der Waals surface area contributed by atoms with E-state index in [0.717, 1.165) is 15.8 Å². The zero-order chi connectivity index (χ0) is 19.7. The van der Waals surface area contributed by atoms with Gasteiger partial charge < -0.3 is 15.1 Å². The minimum Gasteiger partial charge on any atom is -0.383 e. The molecule has 1 aliphatic rings. The maximum absolute atomic E-state index is 13.9. The molecular weight excluding hydrogens is 379 g/mol. The van der Waals surface area contributed by atoms with Crippen molar-refractivity contribution in [2.45, 2.75) is 18.6 Å². The van der Waals surface area contributed by atoms with Gasteiger partial charge in [0, 0.05) is 18.7 Å². The van der Waals surface area contributed by atoms with Crippen molar-refractivity contribution in [3.05, 3.63) is 71.0 Å². The van der Waals surface area contributed by atoms with E-state index < -0.39 is 18.1 Å². The van der Waals surface area contributed by atoms with Crippen molar-refractivity contribution in [2.24, 2.45) is 0 Å². The largest absolute Gasteiger partial charge is 0.383 e. The Morgan fingerprint density at radius 2 is 1.89 bits per heavy atom. The van der Waals surface area contributed by atoms with Crippen molar-refractivity contribution in [1.82, 2.24) is 9.88 Å². The van der Waals surface area contributed by atoms with Crippen LogP contribution in [0.3, 0.4) is 0 Å². The number of hydrogen-bond donors (Lipinski definition) is 2. The lowest BCUT2D eigenvalue weighted by Gasteiger charge is -2.29. The number of benzene rings is 2. The molecule has 0 bridgehead atoms. The average Bonchev–Trinajstić information content (AvgIpc) is 3.17. The van der Waals surface area contributed by atoms with Crippen molar-refractivity contribution in [3.8, 4) is 0 Å². The summed E-state index contributed by atoms with van der Waals surface area (Å²) >= 11 is 1.25. The number of halogens is 1. The van der Waals surface area contributed by atoms with Crippen LogP contribution in [-0.2, 0) is 4.79 Å². The molecule has 7 heteroatoms. The molecule has 0 fully saturated rings. The van der Waals surface area contributed by atoms with Crippen molar-refractivity contribution < 1.29 is 19.4 Å². The number of para-hydroxylation sites is 1. The summed E-state index contributed by atoms with van der Waals surface area (Å²) < 4.78 is 14.8. The molecule has 1 amide bonds. The van der Waals surface area contributed by atoms with Gasteiger partial charge in [-0.05, 0) is 30.2 Å². The highest BCUT2D eigenvalue weighted by atomic mass is 32.1. The van der Waals surface area contributed by atoms with Crippen molar-refractivity contribution >= 4 is 33.0 Å². The molecule has 0 spiro atoms. The Hall–Kier alpha value is -2.61. The van der Waals surface area contributed by atoms with Crippen LogP contribution in [0.25, 0.3) is 15.8 Å². The third-order valence-electron chi connectivity index (χ3n) is 4.86. The third-order valence-corrected chi connectivity index (χ3v) is 5.96. The number of thiazole rings is 1. The molecule has 1 aromatic heterocycles. The van der Waals surface area contributed by atoms with Gasteiger partial charge in [-0.25, -0.2) is 9.37 Å². The number of aliphatic hydroxyl groups excluding tert-OH is 2. The van der Waals surface area contributed by atoms with Crippen molar-refractivity contribution in [1.29, 1.82) is 0 Å². The highest BCUT2D eigenvalue weighted by Gasteiger charge is 2.32. The first kappa shape index (κ1) is 18.7. The zero-order valence-electron chi connectivity index (χ0n) is 15.0.